The summed E-state index contributed by atoms with van der Waals surface area (Å²) >= 11 is 1.33. The molecular formula is C26H22F3N3O3S. The van der Waals surface area contributed by atoms with E-state index in [1.54, 1.807) is 48.5 Å². The molecule has 1 atom stereocenters. The van der Waals surface area contributed by atoms with Crippen molar-refractivity contribution in [1.82, 2.24) is 4.90 Å². The van der Waals surface area contributed by atoms with Crippen LogP contribution in [0.25, 0.3) is 0 Å². The highest BCUT2D eigenvalue weighted by Gasteiger charge is 2.59. The number of carbonyl (C=O) groups is 2. The molecule has 0 bridgehead atoms. The van der Waals surface area contributed by atoms with Crippen LogP contribution in [-0.4, -0.2) is 36.2 Å². The van der Waals surface area contributed by atoms with E-state index in [-0.39, 0.29) is 12.5 Å². The van der Waals surface area contributed by atoms with Crippen molar-refractivity contribution < 1.29 is 27.5 Å². The fourth-order valence-electron chi connectivity index (χ4n) is 4.62. The zero-order chi connectivity index (χ0) is 25.5. The summed E-state index contributed by atoms with van der Waals surface area (Å²) in [4.78, 5) is 29.0. The molecule has 36 heavy (non-hydrogen) atoms. The number of hydrogen-bond acceptors (Lipinski definition) is 4. The molecule has 0 aliphatic carbocycles. The molecule has 1 N–H and O–H groups in total. The van der Waals surface area contributed by atoms with Crippen LogP contribution in [0.1, 0.15) is 16.7 Å². The molecule has 0 aromatic heterocycles. The van der Waals surface area contributed by atoms with Gasteiger partial charge in [-0.3, -0.25) is 9.69 Å². The van der Waals surface area contributed by atoms with E-state index in [0.29, 0.717) is 40.5 Å². The van der Waals surface area contributed by atoms with Crippen molar-refractivity contribution in [2.24, 2.45) is 0 Å². The van der Waals surface area contributed by atoms with Crippen molar-refractivity contribution in [3.63, 3.8) is 0 Å². The number of para-hydroxylation sites is 1. The molecule has 5 rings (SSSR count). The van der Waals surface area contributed by atoms with Gasteiger partial charge in [0.25, 0.3) is 5.91 Å². The van der Waals surface area contributed by atoms with Crippen LogP contribution in [0.2, 0.25) is 0 Å². The molecule has 0 saturated carbocycles. The quantitative estimate of drug-likeness (QED) is 0.487. The number of benzene rings is 3. The van der Waals surface area contributed by atoms with Crippen LogP contribution in [0.4, 0.5) is 29.3 Å². The first-order valence-corrected chi connectivity index (χ1v) is 12.2. The summed E-state index contributed by atoms with van der Waals surface area (Å²) in [5, 5.41) is 2.85. The van der Waals surface area contributed by atoms with Crippen LogP contribution in [-0.2, 0) is 22.4 Å². The summed E-state index contributed by atoms with van der Waals surface area (Å²) in [5.74, 6) is 0.647. The molecule has 2 heterocycles. The van der Waals surface area contributed by atoms with Crippen LogP contribution in [0.5, 0.6) is 5.75 Å². The molecule has 6 nitrogen and oxygen atoms in total. The topological polar surface area (TPSA) is 61.9 Å². The van der Waals surface area contributed by atoms with Gasteiger partial charge in [0.15, 0.2) is 4.87 Å². The molecule has 3 aromatic rings. The van der Waals surface area contributed by atoms with E-state index in [1.807, 2.05) is 6.07 Å². The van der Waals surface area contributed by atoms with Gasteiger partial charge >= 0.3 is 12.2 Å². The molecule has 1 saturated heterocycles. The standard InChI is InChI=1S/C26H22F3N3O3S/c1-35-20-10-11-22-21(15-20)25(32(12-13-36-25)24(34)30-19-8-3-2-4-9-19)23(33)31(22)16-17-6-5-7-18(14-17)26(27,28)29/h2-11,14-15H,12-13,16H2,1H3,(H,30,34). The van der Waals surface area contributed by atoms with Crippen molar-refractivity contribution in [3.8, 4) is 5.75 Å². The van der Waals surface area contributed by atoms with Gasteiger partial charge in [-0.25, -0.2) is 4.79 Å². The lowest BCUT2D eigenvalue weighted by Gasteiger charge is -2.33. The first kappa shape index (κ1) is 24.1. The van der Waals surface area contributed by atoms with Crippen molar-refractivity contribution in [2.45, 2.75) is 17.6 Å². The highest BCUT2D eigenvalue weighted by Crippen LogP contribution is 2.55. The number of amides is 3. The summed E-state index contributed by atoms with van der Waals surface area (Å²) in [7, 11) is 1.51. The van der Waals surface area contributed by atoms with E-state index in [2.05, 4.69) is 5.32 Å². The molecule has 3 aromatic carbocycles. The van der Waals surface area contributed by atoms with Gasteiger partial charge in [-0.2, -0.15) is 13.2 Å². The number of alkyl halides is 3. The van der Waals surface area contributed by atoms with Crippen LogP contribution in [0, 0.1) is 0 Å². The lowest BCUT2D eigenvalue weighted by molar-refractivity contribution is -0.137. The number of rotatable bonds is 4. The predicted molar refractivity (Wildman–Crippen MR) is 132 cm³/mol. The molecule has 1 spiro atoms. The van der Waals surface area contributed by atoms with E-state index >= 15 is 0 Å². The maximum Gasteiger partial charge on any atom is 0.416 e. The normalized spacial score (nSPS) is 19.1. The number of nitrogens with zero attached hydrogens (tertiary/aromatic N) is 2. The Bertz CT molecular complexity index is 1320. The second-order valence-electron chi connectivity index (χ2n) is 8.41. The zero-order valence-corrected chi connectivity index (χ0v) is 20.0. The maximum absolute atomic E-state index is 14.1. The third-order valence-electron chi connectivity index (χ3n) is 6.27. The molecule has 1 fully saturated rings. The van der Waals surface area contributed by atoms with Gasteiger partial charge in [0.1, 0.15) is 5.75 Å². The van der Waals surface area contributed by atoms with Crippen molar-refractivity contribution >= 4 is 35.1 Å². The van der Waals surface area contributed by atoms with Gasteiger partial charge < -0.3 is 15.0 Å². The minimum absolute atomic E-state index is 0.0709. The third-order valence-corrected chi connectivity index (χ3v) is 7.69. The van der Waals surface area contributed by atoms with Crippen LogP contribution < -0.4 is 15.0 Å². The molecule has 2 aliphatic heterocycles. The summed E-state index contributed by atoms with van der Waals surface area (Å²) in [6, 6.07) is 18.5. The largest absolute Gasteiger partial charge is 0.497 e. The fraction of sp³-hybridized carbons (Fsp3) is 0.231. The SMILES string of the molecule is COc1ccc2c(c1)C1(SCCN1C(=O)Nc1ccccc1)C(=O)N2Cc1cccc(C(F)(F)F)c1. The second kappa shape index (κ2) is 9.09. The number of hydrogen-bond donors (Lipinski definition) is 1. The minimum atomic E-state index is -4.49. The Hall–Kier alpha value is -3.66. The van der Waals surface area contributed by atoms with E-state index in [9.17, 15) is 22.8 Å². The van der Waals surface area contributed by atoms with E-state index in [1.165, 1.54) is 34.7 Å². The molecule has 1 unspecified atom stereocenters. The van der Waals surface area contributed by atoms with E-state index in [0.717, 1.165) is 12.1 Å². The predicted octanol–water partition coefficient (Wildman–Crippen LogP) is 5.69. The van der Waals surface area contributed by atoms with E-state index in [4.69, 9.17) is 4.74 Å². The molecule has 3 amide bonds. The van der Waals surface area contributed by atoms with Gasteiger partial charge in [0, 0.05) is 23.5 Å². The van der Waals surface area contributed by atoms with Gasteiger partial charge in [-0.05, 0) is 48.0 Å². The van der Waals surface area contributed by atoms with Gasteiger partial charge in [0.2, 0.25) is 0 Å². The number of ether oxygens (including phenoxy) is 1. The molecule has 186 valence electrons. The summed E-state index contributed by atoms with van der Waals surface area (Å²) in [6.45, 7) is 0.252. The van der Waals surface area contributed by atoms with Crippen LogP contribution in [0.3, 0.4) is 0 Å². The Labute approximate surface area is 210 Å². The Morgan fingerprint density at radius 2 is 1.86 bits per heavy atom. The maximum atomic E-state index is 14.1. The molecule has 10 heteroatoms. The van der Waals surface area contributed by atoms with Crippen molar-refractivity contribution in [2.75, 3.05) is 29.6 Å². The summed E-state index contributed by atoms with van der Waals surface area (Å²) in [6.07, 6.45) is -4.49. The number of urea groups is 1. The first-order valence-electron chi connectivity index (χ1n) is 11.2. The average Bonchev–Trinajstić information content (AvgIpc) is 3.41. The van der Waals surface area contributed by atoms with Crippen molar-refractivity contribution in [3.05, 3.63) is 89.5 Å². The summed E-state index contributed by atoms with van der Waals surface area (Å²) < 4.78 is 45.3. The lowest BCUT2D eigenvalue weighted by atomic mass is 10.1. The average molecular weight is 514 g/mol. The zero-order valence-electron chi connectivity index (χ0n) is 19.2. The van der Waals surface area contributed by atoms with Crippen LogP contribution >= 0.6 is 11.8 Å². The number of fused-ring (bicyclic) bond motifs is 2. The highest BCUT2D eigenvalue weighted by molar-refractivity contribution is 8.01. The van der Waals surface area contributed by atoms with Gasteiger partial charge in [-0.15, -0.1) is 11.8 Å². The number of methoxy groups -OCH3 is 1. The smallest absolute Gasteiger partial charge is 0.416 e. The Balaban J connectivity index is 1.54. The monoisotopic (exact) mass is 513 g/mol. The number of halogens is 3. The molecule has 2 aliphatic rings. The number of nitrogens with one attached hydrogen (secondary N) is 1. The van der Waals surface area contributed by atoms with Gasteiger partial charge in [0.05, 0.1) is 24.9 Å². The number of anilines is 2. The number of carbonyl (C=O) groups excluding carboxylic acids is 2. The number of thioether (sulfide) groups is 1. The molecular weight excluding hydrogens is 491 g/mol. The third kappa shape index (κ3) is 4.05. The molecule has 0 radical (unpaired) electrons. The first-order chi connectivity index (χ1) is 17.2. The minimum Gasteiger partial charge on any atom is -0.497 e. The Kier molecular flexibility index (Phi) is 6.07. The fourth-order valence-corrected chi connectivity index (χ4v) is 6.07. The van der Waals surface area contributed by atoms with Crippen molar-refractivity contribution in [1.29, 1.82) is 0 Å². The summed E-state index contributed by atoms with van der Waals surface area (Å²) in [5.41, 5.74) is 1.25. The Morgan fingerprint density at radius 1 is 1.08 bits per heavy atom. The van der Waals surface area contributed by atoms with E-state index < -0.39 is 22.6 Å². The second-order valence-corrected chi connectivity index (χ2v) is 9.70. The Morgan fingerprint density at radius 3 is 2.58 bits per heavy atom. The highest BCUT2D eigenvalue weighted by atomic mass is 32.2. The van der Waals surface area contributed by atoms with Crippen LogP contribution in [0.15, 0.2) is 72.8 Å². The lowest BCUT2D eigenvalue weighted by Crippen LogP contribution is -2.51. The van der Waals surface area contributed by atoms with Gasteiger partial charge in [-0.1, -0.05) is 30.3 Å².